The maximum absolute atomic E-state index is 13.0. The molecule has 10 heteroatoms. The second-order valence-electron chi connectivity index (χ2n) is 11.9. The Kier molecular flexibility index (Phi) is 7.14. The molecule has 2 fully saturated rings. The molecule has 36 heavy (non-hydrogen) atoms. The highest BCUT2D eigenvalue weighted by molar-refractivity contribution is 8.76. The van der Waals surface area contributed by atoms with Gasteiger partial charge in [0.25, 0.3) is 0 Å². The predicted octanol–water partition coefficient (Wildman–Crippen LogP) is 3.69. The number of rotatable bonds is 5. The van der Waals surface area contributed by atoms with Crippen LogP contribution in [0.5, 0.6) is 0 Å². The van der Waals surface area contributed by atoms with Crippen LogP contribution >= 0.6 is 21.6 Å². The van der Waals surface area contributed by atoms with Gasteiger partial charge in [-0.15, -0.1) is 10.4 Å². The zero-order valence-electron chi connectivity index (χ0n) is 22.1. The number of quaternary nitrogens is 2. The molecule has 4 atom stereocenters. The Balaban J connectivity index is 1.42. The molecule has 4 unspecified atom stereocenters. The van der Waals surface area contributed by atoms with Gasteiger partial charge in [-0.05, 0) is 79.7 Å². The first-order valence-electron chi connectivity index (χ1n) is 12.1. The van der Waals surface area contributed by atoms with Gasteiger partial charge in [0, 0.05) is 20.9 Å². The Bertz CT molecular complexity index is 965. The lowest BCUT2D eigenvalue weighted by molar-refractivity contribution is -0.926. The molecule has 2 aromatic rings. The van der Waals surface area contributed by atoms with E-state index in [1.165, 1.54) is 0 Å². The van der Waals surface area contributed by atoms with Crippen molar-refractivity contribution >= 4 is 21.6 Å². The van der Waals surface area contributed by atoms with E-state index in [1.54, 1.807) is 21.6 Å². The third-order valence-corrected chi connectivity index (χ3v) is 11.4. The molecular weight excluding hydrogens is 496 g/mol. The Morgan fingerprint density at radius 1 is 0.611 bits per heavy atom. The van der Waals surface area contributed by atoms with E-state index in [0.717, 1.165) is 19.9 Å². The molecule has 2 heterocycles. The average Bonchev–Trinajstić information content (AvgIpc) is 3.02. The molecule has 2 aliphatic heterocycles. The fourth-order valence-electron chi connectivity index (χ4n) is 4.78. The van der Waals surface area contributed by atoms with Gasteiger partial charge in [-0.1, -0.05) is 56.0 Å². The van der Waals surface area contributed by atoms with Gasteiger partial charge in [0.2, 0.25) is 0 Å². The van der Waals surface area contributed by atoms with E-state index in [1.807, 2.05) is 104 Å². The second-order valence-corrected chi connectivity index (χ2v) is 14.1. The summed E-state index contributed by atoms with van der Waals surface area (Å²) in [6, 6.07) is 15.1. The molecule has 2 N–H and O–H groups in total. The molecule has 0 bridgehead atoms. The van der Waals surface area contributed by atoms with Crippen molar-refractivity contribution in [2.45, 2.75) is 99.7 Å². The molecule has 0 saturated carbocycles. The van der Waals surface area contributed by atoms with Crippen LogP contribution < -0.4 is 10.1 Å². The maximum atomic E-state index is 13.0. The predicted molar refractivity (Wildman–Crippen MR) is 140 cm³/mol. The van der Waals surface area contributed by atoms with Gasteiger partial charge < -0.3 is 20.5 Å². The fourth-order valence-corrected chi connectivity index (χ4v) is 6.71. The van der Waals surface area contributed by atoms with E-state index in [0.29, 0.717) is 11.1 Å². The minimum absolute atomic E-state index is 0.0541. The Hall–Kier alpha value is -1.18. The van der Waals surface area contributed by atoms with E-state index in [4.69, 9.17) is 0 Å². The van der Waals surface area contributed by atoms with Crippen molar-refractivity contribution in [2.24, 2.45) is 0 Å². The Morgan fingerprint density at radius 2 is 0.889 bits per heavy atom. The van der Waals surface area contributed by atoms with Crippen molar-refractivity contribution in [3.63, 3.8) is 0 Å². The van der Waals surface area contributed by atoms with Crippen LogP contribution in [0.3, 0.4) is 0 Å². The lowest BCUT2D eigenvalue weighted by Crippen LogP contribution is -3.14. The monoisotopic (exact) mass is 532 g/mol. The van der Waals surface area contributed by atoms with Gasteiger partial charge >= 0.3 is 0 Å². The minimum atomic E-state index is -0.789. The molecule has 2 aliphatic rings. The van der Waals surface area contributed by atoms with Gasteiger partial charge in [-0.2, -0.15) is 0 Å². The number of hydrogen-bond donors (Lipinski definition) is 2. The smallest absolute Gasteiger partial charge is 0.196 e. The quantitative estimate of drug-likeness (QED) is 0.450. The first-order valence-corrected chi connectivity index (χ1v) is 14.3. The topological polar surface area (TPSA) is 101 Å². The van der Waals surface area contributed by atoms with Gasteiger partial charge in [-0.3, -0.25) is 0 Å². The van der Waals surface area contributed by atoms with Crippen LogP contribution in [0, 0.1) is 10.4 Å². The molecule has 8 nitrogen and oxygen atoms in total. The Morgan fingerprint density at radius 3 is 1.11 bits per heavy atom. The van der Waals surface area contributed by atoms with Crippen LogP contribution in [0.4, 0.5) is 0 Å². The van der Waals surface area contributed by atoms with Gasteiger partial charge in [0.05, 0.1) is 0 Å². The van der Waals surface area contributed by atoms with Crippen molar-refractivity contribution in [1.29, 1.82) is 0 Å². The average molecular weight is 533 g/mol. The molecule has 2 saturated heterocycles. The summed E-state index contributed by atoms with van der Waals surface area (Å²) in [5.74, 6) is 0. The summed E-state index contributed by atoms with van der Waals surface area (Å²) < 4.78 is 0. The molecule has 0 aliphatic carbocycles. The summed E-state index contributed by atoms with van der Waals surface area (Å²) in [7, 11) is 3.13. The largest absolute Gasteiger partial charge is 0.632 e. The summed E-state index contributed by atoms with van der Waals surface area (Å²) in [6.45, 7) is 14.6. The number of hydrogen-bond acceptors (Lipinski definition) is 6. The molecule has 0 aromatic heterocycles. The van der Waals surface area contributed by atoms with Crippen molar-refractivity contribution in [3.8, 4) is 0 Å². The van der Waals surface area contributed by atoms with Crippen LogP contribution in [-0.4, -0.2) is 32.3 Å². The fraction of sp³-hybridized carbons (Fsp3) is 0.538. The van der Waals surface area contributed by atoms with Crippen LogP contribution in [0.2, 0.25) is 0 Å². The molecule has 0 spiro atoms. The third-order valence-electron chi connectivity index (χ3n) is 8.98. The number of hydroxylamine groups is 8. The number of nitrogens with zero attached hydrogens (tertiary/aromatic N) is 2. The zero-order valence-corrected chi connectivity index (χ0v) is 23.8. The van der Waals surface area contributed by atoms with Gasteiger partial charge in [-0.25, -0.2) is 0 Å². The van der Waals surface area contributed by atoms with Crippen LogP contribution in [-0.2, 0) is 10.4 Å². The standard InChI is InChI=1S/C26H36N4O4S2/c1-23(2)24(3,4)28(32)21(27(23)31)17-9-13-19(14-10-17)35-36-20-15-11-18(12-16-20)22-29(33)25(5,6)26(7,8)30(22)34/h9-16,21-22,27,29H,1-8H3. The zero-order chi connectivity index (χ0) is 26.8. The first-order chi connectivity index (χ1) is 16.5. The maximum Gasteiger partial charge on any atom is 0.196 e. The van der Waals surface area contributed by atoms with Crippen LogP contribution in [0.15, 0.2) is 58.3 Å². The van der Waals surface area contributed by atoms with E-state index in [2.05, 4.69) is 0 Å². The molecular formula is C26H36N4O4S2. The van der Waals surface area contributed by atoms with Gasteiger partial charge in [0.15, 0.2) is 12.3 Å². The van der Waals surface area contributed by atoms with Crippen molar-refractivity contribution < 1.29 is 20.5 Å². The van der Waals surface area contributed by atoms with E-state index < -0.39 is 34.5 Å². The lowest BCUT2D eigenvalue weighted by Gasteiger charge is -2.39. The second kappa shape index (κ2) is 9.23. The van der Waals surface area contributed by atoms with Crippen molar-refractivity contribution in [1.82, 2.24) is 10.1 Å². The molecule has 0 amide bonds. The summed E-state index contributed by atoms with van der Waals surface area (Å²) in [6.07, 6.45) is -1.58. The summed E-state index contributed by atoms with van der Waals surface area (Å²) in [4.78, 5) is 1.99. The normalized spacial score (nSPS) is 31.1. The molecule has 2 aromatic carbocycles. The Labute approximate surface area is 221 Å². The van der Waals surface area contributed by atoms with E-state index in [9.17, 15) is 20.8 Å². The van der Waals surface area contributed by atoms with Crippen molar-refractivity contribution in [3.05, 3.63) is 70.1 Å². The first kappa shape index (κ1) is 27.8. The molecule has 4 rings (SSSR count). The van der Waals surface area contributed by atoms with Crippen LogP contribution in [0.1, 0.15) is 78.8 Å². The highest BCUT2D eigenvalue weighted by Crippen LogP contribution is 2.41. The summed E-state index contributed by atoms with van der Waals surface area (Å²) >= 11 is 0. The van der Waals surface area contributed by atoms with Gasteiger partial charge in [0.1, 0.15) is 22.2 Å². The van der Waals surface area contributed by atoms with E-state index in [-0.39, 0.29) is 10.1 Å². The minimum Gasteiger partial charge on any atom is -0.632 e. The summed E-state index contributed by atoms with van der Waals surface area (Å²) in [5, 5.41) is 53.6. The van der Waals surface area contributed by atoms with E-state index >= 15 is 0 Å². The SMILES string of the molecule is CC1(C)N([O])C(c2ccc(SSc3ccc(C4N([O])C(C)(C)C(C)(C)[NH+]4[O-])cc3)cc2)[NH+]([O-])C1(C)C. The lowest BCUT2D eigenvalue weighted by atomic mass is 9.84. The highest BCUT2D eigenvalue weighted by atomic mass is 33.1. The highest BCUT2D eigenvalue weighted by Gasteiger charge is 2.61. The number of benzene rings is 2. The molecule has 2 radical (unpaired) electrons. The van der Waals surface area contributed by atoms with Crippen molar-refractivity contribution in [2.75, 3.05) is 0 Å². The third kappa shape index (κ3) is 4.12. The summed E-state index contributed by atoms with van der Waals surface area (Å²) in [5.41, 5.74) is -1.59. The molecule has 196 valence electrons. The number of nitrogens with one attached hydrogen (secondary N) is 2. The van der Waals surface area contributed by atoms with Crippen LogP contribution in [0.25, 0.3) is 0 Å².